The van der Waals surface area contributed by atoms with Crippen LogP contribution in [-0.4, -0.2) is 11.8 Å². The van der Waals surface area contributed by atoms with Crippen molar-refractivity contribution in [2.45, 2.75) is 46.5 Å². The molecule has 1 aromatic carbocycles. The van der Waals surface area contributed by atoms with Crippen LogP contribution in [0.2, 0.25) is 0 Å². The second kappa shape index (κ2) is 8.09. The van der Waals surface area contributed by atoms with Crippen molar-refractivity contribution in [2.75, 3.05) is 11.9 Å². The first-order valence-electron chi connectivity index (χ1n) is 6.65. The van der Waals surface area contributed by atoms with Gasteiger partial charge < -0.3 is 10.1 Å². The van der Waals surface area contributed by atoms with Crippen LogP contribution >= 0.6 is 12.2 Å². The lowest BCUT2D eigenvalue weighted by Gasteiger charge is -2.13. The summed E-state index contributed by atoms with van der Waals surface area (Å²) in [5.74, 6) is 0. The van der Waals surface area contributed by atoms with Crippen molar-refractivity contribution in [2.24, 2.45) is 0 Å². The van der Waals surface area contributed by atoms with Crippen LogP contribution in [0.3, 0.4) is 0 Å². The Hall–Kier alpha value is -1.09. The Bertz CT molecular complexity index is 390. The molecule has 100 valence electrons. The molecular weight excluding hydrogens is 242 g/mol. The summed E-state index contributed by atoms with van der Waals surface area (Å²) in [6.07, 6.45) is 4.79. The van der Waals surface area contributed by atoms with E-state index in [0.717, 1.165) is 12.1 Å². The van der Waals surface area contributed by atoms with Crippen molar-refractivity contribution in [3.63, 3.8) is 0 Å². The summed E-state index contributed by atoms with van der Waals surface area (Å²) in [4.78, 5) is 0. The molecule has 0 aliphatic carbocycles. The number of nitrogens with one attached hydrogen (secondary N) is 1. The molecule has 1 N–H and O–H groups in total. The third-order valence-electron chi connectivity index (χ3n) is 3.07. The monoisotopic (exact) mass is 265 g/mol. The highest BCUT2D eigenvalue weighted by molar-refractivity contribution is 7.80. The Kier molecular flexibility index (Phi) is 6.73. The molecule has 2 nitrogen and oxygen atoms in total. The summed E-state index contributed by atoms with van der Waals surface area (Å²) in [5, 5.41) is 3.62. The molecule has 0 saturated heterocycles. The Labute approximate surface area is 116 Å². The van der Waals surface area contributed by atoms with Gasteiger partial charge in [-0.15, -0.1) is 0 Å². The maximum absolute atomic E-state index is 5.51. The summed E-state index contributed by atoms with van der Waals surface area (Å²) in [6, 6.07) is 6.14. The molecular formula is C15H23NOS. The van der Waals surface area contributed by atoms with E-state index >= 15 is 0 Å². The highest BCUT2D eigenvalue weighted by Crippen LogP contribution is 2.18. The molecule has 0 spiro atoms. The van der Waals surface area contributed by atoms with Crippen molar-refractivity contribution >= 4 is 23.1 Å². The number of rotatable bonds is 6. The van der Waals surface area contributed by atoms with Crippen LogP contribution in [0.1, 0.15) is 43.7 Å². The normalized spacial score (nSPS) is 10.2. The second-order valence-electron chi connectivity index (χ2n) is 4.57. The van der Waals surface area contributed by atoms with E-state index in [9.17, 15) is 0 Å². The minimum Gasteiger partial charge on any atom is -0.471 e. The van der Waals surface area contributed by atoms with Gasteiger partial charge in [0.1, 0.15) is 0 Å². The zero-order chi connectivity index (χ0) is 13.4. The standard InChI is InChI=1S/C15H23NOS/c1-4-5-6-7-11-17-15(18)16-14-10-8-9-12(2)13(14)3/h8-10H,4-7,11H2,1-3H3,(H,16,18). The number of benzene rings is 1. The number of ether oxygens (including phenoxy) is 1. The molecule has 0 atom stereocenters. The molecule has 0 saturated carbocycles. The van der Waals surface area contributed by atoms with Gasteiger partial charge in [0.15, 0.2) is 0 Å². The lowest BCUT2D eigenvalue weighted by Crippen LogP contribution is -2.15. The lowest BCUT2D eigenvalue weighted by molar-refractivity contribution is 0.299. The van der Waals surface area contributed by atoms with Gasteiger partial charge in [-0.2, -0.15) is 0 Å². The Morgan fingerprint density at radius 3 is 2.72 bits per heavy atom. The van der Waals surface area contributed by atoms with Crippen LogP contribution in [0.4, 0.5) is 5.69 Å². The fraction of sp³-hybridized carbons (Fsp3) is 0.533. The van der Waals surface area contributed by atoms with Gasteiger partial charge in [0.05, 0.1) is 6.61 Å². The molecule has 0 amide bonds. The average Bonchev–Trinajstić information content (AvgIpc) is 2.35. The van der Waals surface area contributed by atoms with Crippen LogP contribution in [0.5, 0.6) is 0 Å². The summed E-state index contributed by atoms with van der Waals surface area (Å²) in [6.45, 7) is 7.08. The Balaban J connectivity index is 2.34. The number of hydrogen-bond acceptors (Lipinski definition) is 2. The van der Waals surface area contributed by atoms with Gasteiger partial charge in [-0.3, -0.25) is 0 Å². The number of aryl methyl sites for hydroxylation is 1. The summed E-state index contributed by atoms with van der Waals surface area (Å²) >= 11 is 5.18. The minimum atomic E-state index is 0.472. The van der Waals surface area contributed by atoms with E-state index in [1.807, 2.05) is 12.1 Å². The van der Waals surface area contributed by atoms with E-state index in [2.05, 4.69) is 32.2 Å². The van der Waals surface area contributed by atoms with Crippen molar-refractivity contribution in [3.05, 3.63) is 29.3 Å². The molecule has 0 heterocycles. The Morgan fingerprint density at radius 2 is 2.00 bits per heavy atom. The van der Waals surface area contributed by atoms with Crippen LogP contribution < -0.4 is 5.32 Å². The lowest BCUT2D eigenvalue weighted by atomic mass is 10.1. The largest absolute Gasteiger partial charge is 0.471 e. The maximum atomic E-state index is 5.51. The molecule has 0 aliphatic heterocycles. The first-order valence-corrected chi connectivity index (χ1v) is 7.06. The van der Waals surface area contributed by atoms with Crippen LogP contribution in [0, 0.1) is 13.8 Å². The molecule has 0 aromatic heterocycles. The van der Waals surface area contributed by atoms with E-state index in [4.69, 9.17) is 17.0 Å². The van der Waals surface area contributed by atoms with Crippen LogP contribution in [0.25, 0.3) is 0 Å². The molecule has 18 heavy (non-hydrogen) atoms. The molecule has 0 unspecified atom stereocenters. The van der Waals surface area contributed by atoms with Gasteiger partial charge in [-0.1, -0.05) is 38.3 Å². The van der Waals surface area contributed by atoms with Gasteiger partial charge in [0, 0.05) is 5.69 Å². The number of anilines is 1. The third-order valence-corrected chi connectivity index (χ3v) is 3.29. The van der Waals surface area contributed by atoms with E-state index in [1.54, 1.807) is 0 Å². The van der Waals surface area contributed by atoms with Crippen molar-refractivity contribution in [1.82, 2.24) is 0 Å². The first-order chi connectivity index (χ1) is 8.65. The second-order valence-corrected chi connectivity index (χ2v) is 4.94. The molecule has 0 fully saturated rings. The predicted molar refractivity (Wildman–Crippen MR) is 82.2 cm³/mol. The van der Waals surface area contributed by atoms with Gasteiger partial charge in [-0.05, 0) is 49.7 Å². The van der Waals surface area contributed by atoms with Gasteiger partial charge in [0.2, 0.25) is 0 Å². The molecule has 1 rings (SSSR count). The first kappa shape index (κ1) is 15.0. The number of unbranched alkanes of at least 4 members (excludes halogenated alkanes) is 3. The highest BCUT2D eigenvalue weighted by Gasteiger charge is 2.03. The summed E-state index contributed by atoms with van der Waals surface area (Å²) in [5.41, 5.74) is 3.51. The van der Waals surface area contributed by atoms with E-state index in [0.29, 0.717) is 11.8 Å². The zero-order valence-corrected chi connectivity index (χ0v) is 12.4. The fourth-order valence-electron chi connectivity index (χ4n) is 1.73. The minimum absolute atomic E-state index is 0.472. The summed E-state index contributed by atoms with van der Waals surface area (Å²) in [7, 11) is 0. The van der Waals surface area contributed by atoms with E-state index in [1.165, 1.54) is 30.4 Å². The van der Waals surface area contributed by atoms with E-state index < -0.39 is 0 Å². The molecule has 3 heteroatoms. The molecule has 0 aliphatic rings. The zero-order valence-electron chi connectivity index (χ0n) is 11.6. The SMILES string of the molecule is CCCCCCOC(=S)Nc1cccc(C)c1C. The summed E-state index contributed by atoms with van der Waals surface area (Å²) < 4.78 is 5.51. The third kappa shape index (κ3) is 5.05. The van der Waals surface area contributed by atoms with Crippen molar-refractivity contribution in [1.29, 1.82) is 0 Å². The molecule has 1 aromatic rings. The average molecular weight is 265 g/mol. The molecule has 0 radical (unpaired) electrons. The van der Waals surface area contributed by atoms with Crippen LogP contribution in [-0.2, 0) is 4.74 Å². The quantitative estimate of drug-likeness (QED) is 0.600. The number of hydrogen-bond donors (Lipinski definition) is 1. The number of thiocarbonyl (C=S) groups is 1. The fourth-order valence-corrected chi connectivity index (χ4v) is 1.92. The predicted octanol–water partition coefficient (Wildman–Crippen LogP) is 4.60. The smallest absolute Gasteiger partial charge is 0.261 e. The van der Waals surface area contributed by atoms with Crippen molar-refractivity contribution < 1.29 is 4.74 Å². The molecule has 0 bridgehead atoms. The topological polar surface area (TPSA) is 21.3 Å². The Morgan fingerprint density at radius 1 is 1.22 bits per heavy atom. The van der Waals surface area contributed by atoms with Gasteiger partial charge in [-0.25, -0.2) is 0 Å². The van der Waals surface area contributed by atoms with Gasteiger partial charge in [0.25, 0.3) is 5.17 Å². The van der Waals surface area contributed by atoms with E-state index in [-0.39, 0.29) is 0 Å². The van der Waals surface area contributed by atoms with Crippen molar-refractivity contribution in [3.8, 4) is 0 Å². The van der Waals surface area contributed by atoms with Crippen LogP contribution in [0.15, 0.2) is 18.2 Å². The van der Waals surface area contributed by atoms with Gasteiger partial charge >= 0.3 is 0 Å². The maximum Gasteiger partial charge on any atom is 0.261 e. The highest BCUT2D eigenvalue weighted by atomic mass is 32.1.